The molecule has 1 amide bonds. The van der Waals surface area contributed by atoms with Crippen LogP contribution in [0.5, 0.6) is 5.75 Å². The summed E-state index contributed by atoms with van der Waals surface area (Å²) in [6, 6.07) is 12.2. The Kier molecular flexibility index (Phi) is 7.18. The average Bonchev–Trinajstić information content (AvgIpc) is 2.73. The zero-order valence-electron chi connectivity index (χ0n) is 16.4. The molecule has 29 heavy (non-hydrogen) atoms. The Morgan fingerprint density at radius 3 is 2.62 bits per heavy atom. The smallest absolute Gasteiger partial charge is 0.262 e. The van der Waals surface area contributed by atoms with Crippen LogP contribution in [0, 0.1) is 6.92 Å². The molecule has 0 aliphatic carbocycles. The van der Waals surface area contributed by atoms with Crippen LogP contribution < -0.4 is 10.1 Å². The first kappa shape index (κ1) is 21.6. The van der Waals surface area contributed by atoms with E-state index in [-0.39, 0.29) is 17.4 Å². The Morgan fingerprint density at radius 2 is 1.93 bits per heavy atom. The third-order valence-corrected chi connectivity index (χ3v) is 7.18. The van der Waals surface area contributed by atoms with Gasteiger partial charge in [-0.05, 0) is 49.1 Å². The molecule has 0 radical (unpaired) electrons. The number of anilines is 1. The number of morpholine rings is 1. The zero-order chi connectivity index (χ0) is 20.9. The number of hydrogen-bond acceptors (Lipinski definition) is 6. The normalized spacial score (nSPS) is 15.1. The molecule has 7 nitrogen and oxygen atoms in total. The molecule has 3 rings (SSSR count). The minimum absolute atomic E-state index is 0.168. The minimum atomic E-state index is -3.56. The summed E-state index contributed by atoms with van der Waals surface area (Å²) < 4.78 is 37.7. The van der Waals surface area contributed by atoms with Crippen molar-refractivity contribution in [2.75, 3.05) is 44.5 Å². The Labute approximate surface area is 175 Å². The third kappa shape index (κ3) is 5.30. The van der Waals surface area contributed by atoms with E-state index in [4.69, 9.17) is 9.47 Å². The molecule has 1 saturated heterocycles. The molecule has 0 saturated carbocycles. The van der Waals surface area contributed by atoms with Crippen LogP contribution in [0.2, 0.25) is 0 Å². The number of para-hydroxylation sites is 1. The highest BCUT2D eigenvalue weighted by atomic mass is 32.2. The van der Waals surface area contributed by atoms with Crippen LogP contribution in [-0.2, 0) is 19.6 Å². The van der Waals surface area contributed by atoms with Gasteiger partial charge in [0.1, 0.15) is 5.75 Å². The van der Waals surface area contributed by atoms with Crippen LogP contribution in [0.15, 0.2) is 52.3 Å². The summed E-state index contributed by atoms with van der Waals surface area (Å²) in [5.74, 6) is 0.190. The van der Waals surface area contributed by atoms with Crippen molar-refractivity contribution >= 4 is 33.4 Å². The van der Waals surface area contributed by atoms with Gasteiger partial charge < -0.3 is 14.8 Å². The number of carbonyl (C=O) groups excluding carboxylic acids is 1. The van der Waals surface area contributed by atoms with E-state index < -0.39 is 10.0 Å². The summed E-state index contributed by atoms with van der Waals surface area (Å²) in [6.07, 6.45) is 1.94. The highest BCUT2D eigenvalue weighted by Crippen LogP contribution is 2.26. The fourth-order valence-electron chi connectivity index (χ4n) is 2.96. The van der Waals surface area contributed by atoms with Gasteiger partial charge in [0.15, 0.2) is 6.61 Å². The number of aryl methyl sites for hydroxylation is 1. The molecular weight excluding hydrogens is 412 g/mol. The summed E-state index contributed by atoms with van der Waals surface area (Å²) in [5, 5.41) is 2.83. The Hall–Kier alpha value is -2.07. The molecule has 0 aromatic heterocycles. The monoisotopic (exact) mass is 436 g/mol. The summed E-state index contributed by atoms with van der Waals surface area (Å²) >= 11 is 1.55. The van der Waals surface area contributed by atoms with E-state index in [1.807, 2.05) is 30.5 Å². The van der Waals surface area contributed by atoms with Crippen molar-refractivity contribution in [1.82, 2.24) is 4.31 Å². The van der Waals surface area contributed by atoms with Crippen molar-refractivity contribution in [2.45, 2.75) is 16.7 Å². The molecule has 9 heteroatoms. The largest absolute Gasteiger partial charge is 0.483 e. The van der Waals surface area contributed by atoms with Crippen LogP contribution in [0.4, 0.5) is 5.69 Å². The Balaban J connectivity index is 1.64. The molecule has 1 fully saturated rings. The zero-order valence-corrected chi connectivity index (χ0v) is 18.0. The lowest BCUT2D eigenvalue weighted by Crippen LogP contribution is -2.40. The second-order valence-corrected chi connectivity index (χ2v) is 9.27. The summed E-state index contributed by atoms with van der Waals surface area (Å²) in [5.41, 5.74) is 1.38. The minimum Gasteiger partial charge on any atom is -0.483 e. The second kappa shape index (κ2) is 9.62. The number of sulfonamides is 1. The quantitative estimate of drug-likeness (QED) is 0.672. The number of ether oxygens (including phenoxy) is 2. The van der Waals surface area contributed by atoms with E-state index in [1.165, 1.54) is 10.4 Å². The predicted octanol–water partition coefficient (Wildman–Crippen LogP) is 2.76. The topological polar surface area (TPSA) is 84.9 Å². The highest BCUT2D eigenvalue weighted by Gasteiger charge is 2.26. The molecule has 1 aliphatic rings. The maximum Gasteiger partial charge on any atom is 0.262 e. The molecular formula is C20H24N2O5S2. The van der Waals surface area contributed by atoms with Gasteiger partial charge >= 0.3 is 0 Å². The molecule has 0 spiro atoms. The van der Waals surface area contributed by atoms with Gasteiger partial charge in [0, 0.05) is 18.0 Å². The molecule has 0 unspecified atom stereocenters. The second-order valence-electron chi connectivity index (χ2n) is 6.48. The summed E-state index contributed by atoms with van der Waals surface area (Å²) in [4.78, 5) is 13.4. The van der Waals surface area contributed by atoms with Gasteiger partial charge in [0.2, 0.25) is 10.0 Å². The molecule has 1 N–H and O–H groups in total. The van der Waals surface area contributed by atoms with Gasteiger partial charge in [-0.3, -0.25) is 4.79 Å². The molecule has 156 valence electrons. The van der Waals surface area contributed by atoms with E-state index in [1.54, 1.807) is 30.8 Å². The molecule has 2 aromatic carbocycles. The third-order valence-electron chi connectivity index (χ3n) is 4.49. The number of rotatable bonds is 7. The molecule has 0 bridgehead atoms. The van der Waals surface area contributed by atoms with Crippen molar-refractivity contribution in [1.29, 1.82) is 0 Å². The fourth-order valence-corrected chi connectivity index (χ4v) is 5.01. The number of carbonyl (C=O) groups is 1. The number of benzene rings is 2. The highest BCUT2D eigenvalue weighted by molar-refractivity contribution is 7.98. The summed E-state index contributed by atoms with van der Waals surface area (Å²) in [7, 11) is -3.56. The van der Waals surface area contributed by atoms with Crippen molar-refractivity contribution in [2.24, 2.45) is 0 Å². The first-order valence-electron chi connectivity index (χ1n) is 9.16. The van der Waals surface area contributed by atoms with Crippen LogP contribution >= 0.6 is 11.8 Å². The maximum absolute atomic E-state index is 12.7. The van der Waals surface area contributed by atoms with Gasteiger partial charge in [-0.1, -0.05) is 12.1 Å². The summed E-state index contributed by atoms with van der Waals surface area (Å²) in [6.45, 7) is 3.07. The molecule has 1 heterocycles. The van der Waals surface area contributed by atoms with Crippen LogP contribution in [0.1, 0.15) is 5.56 Å². The van der Waals surface area contributed by atoms with Crippen molar-refractivity contribution in [3.8, 4) is 5.75 Å². The molecule has 1 aliphatic heterocycles. The van der Waals surface area contributed by atoms with E-state index in [9.17, 15) is 13.2 Å². The standard InChI is InChI=1S/C20H24N2O5S2/c1-15-13-16(29(24,25)22-9-11-26-12-10-22)7-8-18(15)27-14-20(23)21-17-5-3-4-6-19(17)28-2/h3-8,13H,9-12,14H2,1-2H3,(H,21,23). The number of nitrogens with one attached hydrogen (secondary N) is 1. The number of thioether (sulfide) groups is 1. The average molecular weight is 437 g/mol. The van der Waals surface area contributed by atoms with Crippen LogP contribution in [0.25, 0.3) is 0 Å². The number of hydrogen-bond donors (Lipinski definition) is 1. The molecule has 2 aromatic rings. The Morgan fingerprint density at radius 1 is 1.21 bits per heavy atom. The van der Waals surface area contributed by atoms with Crippen molar-refractivity contribution < 1.29 is 22.7 Å². The van der Waals surface area contributed by atoms with Gasteiger partial charge in [-0.15, -0.1) is 11.8 Å². The van der Waals surface area contributed by atoms with Crippen LogP contribution in [0.3, 0.4) is 0 Å². The van der Waals surface area contributed by atoms with Gasteiger partial charge in [-0.25, -0.2) is 8.42 Å². The predicted molar refractivity (Wildman–Crippen MR) is 113 cm³/mol. The lowest BCUT2D eigenvalue weighted by molar-refractivity contribution is -0.118. The van der Waals surface area contributed by atoms with E-state index >= 15 is 0 Å². The van der Waals surface area contributed by atoms with E-state index in [0.717, 1.165) is 10.6 Å². The lowest BCUT2D eigenvalue weighted by atomic mass is 10.2. The number of amides is 1. The van der Waals surface area contributed by atoms with Gasteiger partial charge in [0.25, 0.3) is 5.91 Å². The molecule has 0 atom stereocenters. The van der Waals surface area contributed by atoms with Gasteiger partial charge in [-0.2, -0.15) is 4.31 Å². The van der Waals surface area contributed by atoms with Crippen LogP contribution in [-0.4, -0.2) is 57.8 Å². The maximum atomic E-state index is 12.7. The van der Waals surface area contributed by atoms with Crippen molar-refractivity contribution in [3.05, 3.63) is 48.0 Å². The van der Waals surface area contributed by atoms with E-state index in [2.05, 4.69) is 5.32 Å². The SMILES string of the molecule is CSc1ccccc1NC(=O)COc1ccc(S(=O)(=O)N2CCOCC2)cc1C. The van der Waals surface area contributed by atoms with Crippen molar-refractivity contribution in [3.63, 3.8) is 0 Å². The van der Waals surface area contributed by atoms with Gasteiger partial charge in [0.05, 0.1) is 23.8 Å². The first-order valence-corrected chi connectivity index (χ1v) is 11.8. The number of nitrogens with zero attached hydrogens (tertiary/aromatic N) is 1. The van der Waals surface area contributed by atoms with E-state index in [0.29, 0.717) is 37.6 Å². The lowest BCUT2D eigenvalue weighted by Gasteiger charge is -2.26. The Bertz CT molecular complexity index is 973. The first-order chi connectivity index (χ1) is 13.9. The fraction of sp³-hybridized carbons (Fsp3) is 0.350.